The van der Waals surface area contributed by atoms with Crippen LogP contribution in [-0.2, 0) is 9.59 Å². The maximum atomic E-state index is 12.8. The van der Waals surface area contributed by atoms with Gasteiger partial charge in [-0.05, 0) is 30.7 Å². The first kappa shape index (κ1) is 22.5. The zero-order chi connectivity index (χ0) is 22.5. The third-order valence-corrected chi connectivity index (χ3v) is 6.04. The number of anilines is 1. The van der Waals surface area contributed by atoms with Crippen LogP contribution in [0.3, 0.4) is 0 Å². The molecule has 0 spiro atoms. The van der Waals surface area contributed by atoms with E-state index in [1.54, 1.807) is 24.3 Å². The molecular weight excluding hydrogens is 440 g/mol. The minimum Gasteiger partial charge on any atom is -0.320 e. The molecule has 2 aromatic rings. The summed E-state index contributed by atoms with van der Waals surface area (Å²) in [6.07, 6.45) is 1.42. The number of amidine groups is 1. The van der Waals surface area contributed by atoms with Crippen LogP contribution in [-0.4, -0.2) is 38.6 Å². The molecule has 1 aliphatic rings. The molecule has 2 amide bonds. The minimum atomic E-state index is -0.706. The fourth-order valence-corrected chi connectivity index (χ4v) is 4.23. The molecule has 0 radical (unpaired) electrons. The van der Waals surface area contributed by atoms with E-state index >= 15 is 0 Å². The number of amides is 2. The molecule has 2 aromatic carbocycles. The Balaban J connectivity index is 1.78. The normalized spacial score (nSPS) is 17.1. The van der Waals surface area contributed by atoms with Crippen molar-refractivity contribution in [1.82, 2.24) is 4.90 Å². The smallest absolute Gasteiger partial charge is 0.292 e. The zero-order valence-electron chi connectivity index (χ0n) is 16.6. The molecule has 0 aliphatic carbocycles. The number of rotatable bonds is 7. The molecule has 0 saturated carbocycles. The zero-order valence-corrected chi connectivity index (χ0v) is 18.2. The molecule has 1 atom stereocenters. The van der Waals surface area contributed by atoms with Crippen molar-refractivity contribution in [2.45, 2.75) is 18.6 Å². The van der Waals surface area contributed by atoms with Gasteiger partial charge in [0.1, 0.15) is 10.9 Å². The number of nitro benzene ring substituents is 1. The second kappa shape index (κ2) is 9.76. The number of hydrogen-bond acceptors (Lipinski definition) is 6. The highest BCUT2D eigenvalue weighted by Gasteiger charge is 2.38. The molecule has 160 valence electrons. The van der Waals surface area contributed by atoms with Crippen LogP contribution < -0.4 is 5.32 Å². The lowest BCUT2D eigenvalue weighted by Crippen LogP contribution is -2.33. The van der Waals surface area contributed by atoms with Crippen molar-refractivity contribution >= 4 is 57.4 Å². The molecule has 31 heavy (non-hydrogen) atoms. The molecule has 1 aliphatic heterocycles. The second-order valence-electron chi connectivity index (χ2n) is 6.70. The summed E-state index contributed by atoms with van der Waals surface area (Å²) < 4.78 is 0. The van der Waals surface area contributed by atoms with Crippen LogP contribution in [0.25, 0.3) is 0 Å². The van der Waals surface area contributed by atoms with Gasteiger partial charge in [-0.25, -0.2) is 4.99 Å². The highest BCUT2D eigenvalue weighted by Crippen LogP contribution is 2.33. The van der Waals surface area contributed by atoms with Crippen LogP contribution in [0.4, 0.5) is 17.1 Å². The van der Waals surface area contributed by atoms with Crippen LogP contribution in [0.15, 0.2) is 60.1 Å². The molecule has 1 unspecified atom stereocenters. The largest absolute Gasteiger partial charge is 0.320 e. The van der Waals surface area contributed by atoms with Crippen LogP contribution in [0.1, 0.15) is 12.0 Å². The molecule has 1 heterocycles. The molecular formula is C21H19ClN4O4S. The predicted octanol–water partition coefficient (Wildman–Crippen LogP) is 4.70. The summed E-state index contributed by atoms with van der Waals surface area (Å²) >= 11 is 7.32. The van der Waals surface area contributed by atoms with E-state index in [2.05, 4.69) is 16.9 Å². The lowest BCUT2D eigenvalue weighted by molar-refractivity contribution is -0.383. The topological polar surface area (TPSA) is 105 Å². The number of nitro groups is 1. The summed E-state index contributed by atoms with van der Waals surface area (Å²) in [6, 6.07) is 11.2. The monoisotopic (exact) mass is 458 g/mol. The maximum absolute atomic E-state index is 12.8. The molecule has 3 rings (SSSR count). The van der Waals surface area contributed by atoms with Crippen molar-refractivity contribution in [1.29, 1.82) is 0 Å². The van der Waals surface area contributed by atoms with Gasteiger partial charge in [0.2, 0.25) is 11.8 Å². The number of carbonyl (C=O) groups is 2. The number of aliphatic imine (C=N–C) groups is 1. The Hall–Kier alpha value is -3.17. The van der Waals surface area contributed by atoms with Crippen LogP contribution >= 0.6 is 23.4 Å². The average Bonchev–Trinajstić information content (AvgIpc) is 3.00. The highest BCUT2D eigenvalue weighted by atomic mass is 35.5. The van der Waals surface area contributed by atoms with Crippen molar-refractivity contribution in [3.63, 3.8) is 0 Å². The molecule has 0 aromatic heterocycles. The molecule has 1 fully saturated rings. The quantitative estimate of drug-likeness (QED) is 0.367. The van der Waals surface area contributed by atoms with Gasteiger partial charge in [0.15, 0.2) is 5.17 Å². The summed E-state index contributed by atoms with van der Waals surface area (Å²) in [7, 11) is 0. The van der Waals surface area contributed by atoms with Crippen molar-refractivity contribution in [3.05, 3.63) is 75.8 Å². The first-order valence-corrected chi connectivity index (χ1v) is 10.5. The van der Waals surface area contributed by atoms with E-state index in [-0.39, 0.29) is 30.2 Å². The van der Waals surface area contributed by atoms with E-state index in [4.69, 9.17) is 11.6 Å². The lowest BCUT2D eigenvalue weighted by Gasteiger charge is -2.14. The molecule has 1 N–H and O–H groups in total. The number of para-hydroxylation sites is 2. The Kier molecular flexibility index (Phi) is 7.09. The molecule has 10 heteroatoms. The summed E-state index contributed by atoms with van der Waals surface area (Å²) in [4.78, 5) is 41.9. The highest BCUT2D eigenvalue weighted by molar-refractivity contribution is 8.15. The minimum absolute atomic E-state index is 0.0825. The summed E-state index contributed by atoms with van der Waals surface area (Å²) in [5.41, 5.74) is 1.37. The van der Waals surface area contributed by atoms with Crippen molar-refractivity contribution in [2.24, 2.45) is 4.99 Å². The maximum Gasteiger partial charge on any atom is 0.292 e. The number of nitrogens with zero attached hydrogens (tertiary/aromatic N) is 3. The van der Waals surface area contributed by atoms with Gasteiger partial charge in [-0.1, -0.05) is 47.6 Å². The average molecular weight is 459 g/mol. The van der Waals surface area contributed by atoms with E-state index in [9.17, 15) is 19.7 Å². The van der Waals surface area contributed by atoms with Gasteiger partial charge >= 0.3 is 0 Å². The van der Waals surface area contributed by atoms with Gasteiger partial charge in [0.25, 0.3) is 5.69 Å². The predicted molar refractivity (Wildman–Crippen MR) is 123 cm³/mol. The Bertz CT molecular complexity index is 1090. The molecule has 1 saturated heterocycles. The van der Waals surface area contributed by atoms with E-state index in [0.717, 1.165) is 17.3 Å². The SMILES string of the molecule is C=CCN1C(=O)C(CC(=O)Nc2ccccc2[N+](=O)[O-])SC1=Nc1ccc(C)c(Cl)c1. The van der Waals surface area contributed by atoms with E-state index in [0.29, 0.717) is 15.9 Å². The Morgan fingerprint density at radius 1 is 1.39 bits per heavy atom. The molecule has 0 bridgehead atoms. The number of thioether (sulfide) groups is 1. The summed E-state index contributed by atoms with van der Waals surface area (Å²) in [5.74, 6) is -0.780. The van der Waals surface area contributed by atoms with Crippen molar-refractivity contribution in [2.75, 3.05) is 11.9 Å². The van der Waals surface area contributed by atoms with Crippen molar-refractivity contribution < 1.29 is 14.5 Å². The first-order chi connectivity index (χ1) is 14.8. The molecule has 8 nitrogen and oxygen atoms in total. The van der Waals surface area contributed by atoms with E-state index < -0.39 is 16.1 Å². The second-order valence-corrected chi connectivity index (χ2v) is 8.28. The van der Waals surface area contributed by atoms with Gasteiger partial charge in [-0.15, -0.1) is 6.58 Å². The number of hydrogen-bond donors (Lipinski definition) is 1. The Morgan fingerprint density at radius 2 is 2.13 bits per heavy atom. The van der Waals surface area contributed by atoms with E-state index in [1.807, 2.05) is 13.0 Å². The fourth-order valence-electron chi connectivity index (χ4n) is 2.89. The number of nitrogens with one attached hydrogen (secondary N) is 1. The first-order valence-electron chi connectivity index (χ1n) is 9.27. The third kappa shape index (κ3) is 5.31. The van der Waals surface area contributed by atoms with Crippen LogP contribution in [0.2, 0.25) is 5.02 Å². The van der Waals surface area contributed by atoms with Crippen LogP contribution in [0.5, 0.6) is 0 Å². The lowest BCUT2D eigenvalue weighted by atomic mass is 10.2. The third-order valence-electron chi connectivity index (χ3n) is 4.46. The van der Waals surface area contributed by atoms with Crippen molar-refractivity contribution in [3.8, 4) is 0 Å². The summed E-state index contributed by atoms with van der Waals surface area (Å²) in [6.45, 7) is 5.79. The number of aryl methyl sites for hydroxylation is 1. The van der Waals surface area contributed by atoms with Gasteiger partial charge in [0, 0.05) is 24.1 Å². The fraction of sp³-hybridized carbons (Fsp3) is 0.190. The number of benzene rings is 2. The standard InChI is InChI=1S/C21H19ClN4O4S/c1-3-10-25-20(28)18(31-21(25)23-14-9-8-13(2)15(22)11-14)12-19(27)24-16-6-4-5-7-17(16)26(29)30/h3-9,11,18H,1,10,12H2,2H3,(H,24,27). The van der Waals surface area contributed by atoms with Gasteiger partial charge in [0.05, 0.1) is 10.6 Å². The number of halogens is 1. The van der Waals surface area contributed by atoms with Gasteiger partial charge in [-0.2, -0.15) is 0 Å². The Labute approximate surface area is 188 Å². The Morgan fingerprint density at radius 3 is 2.81 bits per heavy atom. The summed E-state index contributed by atoms with van der Waals surface area (Å²) in [5, 5.41) is 13.9. The van der Waals surface area contributed by atoms with Gasteiger partial charge in [-0.3, -0.25) is 24.6 Å². The van der Waals surface area contributed by atoms with Gasteiger partial charge < -0.3 is 5.32 Å². The van der Waals surface area contributed by atoms with E-state index in [1.165, 1.54) is 23.1 Å². The number of carbonyl (C=O) groups excluding carboxylic acids is 2. The van der Waals surface area contributed by atoms with Crippen LogP contribution in [0, 0.1) is 17.0 Å².